The Bertz CT molecular complexity index is 293. The van der Waals surface area contributed by atoms with Gasteiger partial charge in [-0.1, -0.05) is 0 Å². The Hall–Kier alpha value is -1.46. The van der Waals surface area contributed by atoms with Crippen LogP contribution in [0.3, 0.4) is 0 Å². The van der Waals surface area contributed by atoms with Crippen LogP contribution >= 0.6 is 0 Å². The number of hydrogen-bond acceptors (Lipinski definition) is 2. The maximum atomic E-state index is 11.6. The van der Waals surface area contributed by atoms with E-state index in [1.165, 1.54) is 0 Å². The van der Waals surface area contributed by atoms with Crippen molar-refractivity contribution >= 4 is 12.1 Å². The SMILES string of the molecule is CN1CC2C(NC(=O)N2C)N(C)C1=O. The first-order valence-electron chi connectivity index (χ1n) is 4.53. The molecule has 2 unspecified atom stereocenters. The number of likely N-dealkylation sites (N-methyl/N-ethyl adjacent to an activating group) is 3. The van der Waals surface area contributed by atoms with Crippen LogP contribution in [0, 0.1) is 0 Å². The van der Waals surface area contributed by atoms with Gasteiger partial charge in [-0.2, -0.15) is 0 Å². The third-order valence-electron chi connectivity index (χ3n) is 2.96. The minimum atomic E-state index is -0.184. The van der Waals surface area contributed by atoms with Crippen molar-refractivity contribution in [2.45, 2.75) is 12.2 Å². The fourth-order valence-corrected chi connectivity index (χ4v) is 2.01. The van der Waals surface area contributed by atoms with Gasteiger partial charge < -0.3 is 20.0 Å². The van der Waals surface area contributed by atoms with Crippen molar-refractivity contribution in [1.29, 1.82) is 0 Å². The smallest absolute Gasteiger partial charge is 0.321 e. The lowest BCUT2D eigenvalue weighted by Gasteiger charge is -2.40. The average molecular weight is 198 g/mol. The number of nitrogens with one attached hydrogen (secondary N) is 1. The predicted molar refractivity (Wildman–Crippen MR) is 49.7 cm³/mol. The van der Waals surface area contributed by atoms with Gasteiger partial charge in [0.25, 0.3) is 0 Å². The van der Waals surface area contributed by atoms with Gasteiger partial charge in [0.15, 0.2) is 0 Å². The maximum absolute atomic E-state index is 11.6. The number of rotatable bonds is 0. The molecule has 0 bridgehead atoms. The van der Waals surface area contributed by atoms with Gasteiger partial charge in [0.2, 0.25) is 0 Å². The van der Waals surface area contributed by atoms with Crippen molar-refractivity contribution in [3.05, 3.63) is 0 Å². The lowest BCUT2D eigenvalue weighted by atomic mass is 10.1. The summed E-state index contributed by atoms with van der Waals surface area (Å²) in [4.78, 5) is 27.8. The molecule has 2 heterocycles. The molecule has 0 saturated carbocycles. The molecule has 0 aromatic rings. The van der Waals surface area contributed by atoms with Crippen molar-refractivity contribution in [1.82, 2.24) is 20.0 Å². The molecule has 2 aliphatic heterocycles. The molecule has 78 valence electrons. The molecule has 0 radical (unpaired) electrons. The summed E-state index contributed by atoms with van der Waals surface area (Å²) in [5.41, 5.74) is 0. The Morgan fingerprint density at radius 2 is 1.86 bits per heavy atom. The molecule has 0 aromatic heterocycles. The second-order valence-corrected chi connectivity index (χ2v) is 3.85. The van der Waals surface area contributed by atoms with Gasteiger partial charge in [0.05, 0.1) is 6.04 Å². The van der Waals surface area contributed by atoms with Crippen LogP contribution in [-0.2, 0) is 0 Å². The number of fused-ring (bicyclic) bond motifs is 1. The molecular formula is C8H14N4O2. The zero-order valence-corrected chi connectivity index (χ0v) is 8.52. The number of nitrogens with zero attached hydrogens (tertiary/aromatic N) is 3. The summed E-state index contributed by atoms with van der Waals surface area (Å²) < 4.78 is 0. The molecule has 2 rings (SSSR count). The number of carbonyl (C=O) groups is 2. The largest absolute Gasteiger partial charge is 0.325 e. The predicted octanol–water partition coefficient (Wildman–Crippen LogP) is -0.667. The Labute approximate surface area is 82.4 Å². The third-order valence-corrected chi connectivity index (χ3v) is 2.96. The van der Waals surface area contributed by atoms with Gasteiger partial charge in [-0.25, -0.2) is 9.59 Å². The van der Waals surface area contributed by atoms with E-state index in [2.05, 4.69) is 5.32 Å². The first kappa shape index (κ1) is 9.11. The van der Waals surface area contributed by atoms with E-state index >= 15 is 0 Å². The van der Waals surface area contributed by atoms with E-state index in [9.17, 15) is 9.59 Å². The first-order valence-corrected chi connectivity index (χ1v) is 4.53. The minimum absolute atomic E-state index is 0.0511. The molecule has 1 N–H and O–H groups in total. The molecule has 2 fully saturated rings. The maximum Gasteiger partial charge on any atom is 0.321 e. The van der Waals surface area contributed by atoms with Crippen LogP contribution in [0.2, 0.25) is 0 Å². The van der Waals surface area contributed by atoms with Crippen LogP contribution in [0.5, 0.6) is 0 Å². The normalized spacial score (nSPS) is 32.1. The van der Waals surface area contributed by atoms with Crippen molar-refractivity contribution in [2.75, 3.05) is 27.7 Å². The standard InChI is InChI=1S/C8H14N4O2/c1-10-4-5-6(12(3)8(10)14)9-7(13)11(5)2/h5-6H,4H2,1-3H3,(H,9,13). The lowest BCUT2D eigenvalue weighted by molar-refractivity contribution is 0.0903. The molecule has 2 aliphatic rings. The Morgan fingerprint density at radius 1 is 1.21 bits per heavy atom. The van der Waals surface area contributed by atoms with Gasteiger partial charge in [-0.15, -0.1) is 0 Å². The molecule has 0 aliphatic carbocycles. The quantitative estimate of drug-likeness (QED) is 0.561. The van der Waals surface area contributed by atoms with E-state index in [-0.39, 0.29) is 24.3 Å². The van der Waals surface area contributed by atoms with E-state index in [1.54, 1.807) is 35.8 Å². The van der Waals surface area contributed by atoms with Crippen LogP contribution in [-0.4, -0.2) is 66.7 Å². The van der Waals surface area contributed by atoms with E-state index in [0.29, 0.717) is 6.54 Å². The second kappa shape index (κ2) is 2.76. The van der Waals surface area contributed by atoms with Gasteiger partial charge in [0.1, 0.15) is 6.17 Å². The highest BCUT2D eigenvalue weighted by molar-refractivity contribution is 5.81. The zero-order valence-electron chi connectivity index (χ0n) is 8.52. The summed E-state index contributed by atoms with van der Waals surface area (Å²) in [5.74, 6) is 0. The third kappa shape index (κ3) is 1.03. The summed E-state index contributed by atoms with van der Waals surface area (Å²) in [6.45, 7) is 0.586. The summed E-state index contributed by atoms with van der Waals surface area (Å²) >= 11 is 0. The van der Waals surface area contributed by atoms with Gasteiger partial charge in [-0.05, 0) is 0 Å². The molecule has 2 saturated heterocycles. The van der Waals surface area contributed by atoms with Crippen molar-refractivity contribution in [2.24, 2.45) is 0 Å². The van der Waals surface area contributed by atoms with Crippen molar-refractivity contribution in [3.63, 3.8) is 0 Å². The molecule has 6 nitrogen and oxygen atoms in total. The molecule has 6 heteroatoms. The summed E-state index contributed by atoms with van der Waals surface area (Å²) in [7, 11) is 5.19. The molecule has 0 spiro atoms. The van der Waals surface area contributed by atoms with Gasteiger partial charge in [0, 0.05) is 27.7 Å². The average Bonchev–Trinajstić information content (AvgIpc) is 2.42. The lowest BCUT2D eigenvalue weighted by Crippen LogP contribution is -2.61. The number of hydrogen-bond donors (Lipinski definition) is 1. The summed E-state index contributed by atoms with van der Waals surface area (Å²) in [6, 6.07) is -0.119. The highest BCUT2D eigenvalue weighted by atomic mass is 16.2. The topological polar surface area (TPSA) is 55.9 Å². The van der Waals surface area contributed by atoms with Crippen LogP contribution in [0.4, 0.5) is 9.59 Å². The molecule has 0 aromatic carbocycles. The number of amides is 4. The van der Waals surface area contributed by atoms with Crippen LogP contribution in [0.25, 0.3) is 0 Å². The Kier molecular flexibility index (Phi) is 1.80. The highest BCUT2D eigenvalue weighted by Gasteiger charge is 2.45. The van der Waals surface area contributed by atoms with Crippen LogP contribution < -0.4 is 5.32 Å². The van der Waals surface area contributed by atoms with Crippen LogP contribution in [0.15, 0.2) is 0 Å². The van der Waals surface area contributed by atoms with E-state index in [4.69, 9.17) is 0 Å². The van der Waals surface area contributed by atoms with E-state index < -0.39 is 0 Å². The Morgan fingerprint density at radius 3 is 2.50 bits per heavy atom. The summed E-state index contributed by atoms with van der Waals surface area (Å²) in [5, 5.41) is 2.77. The van der Waals surface area contributed by atoms with Crippen LogP contribution in [0.1, 0.15) is 0 Å². The highest BCUT2D eigenvalue weighted by Crippen LogP contribution is 2.20. The van der Waals surface area contributed by atoms with Crippen molar-refractivity contribution < 1.29 is 9.59 Å². The van der Waals surface area contributed by atoms with Crippen molar-refractivity contribution in [3.8, 4) is 0 Å². The second-order valence-electron chi connectivity index (χ2n) is 3.85. The molecule has 2 atom stereocenters. The van der Waals surface area contributed by atoms with Gasteiger partial charge >= 0.3 is 12.1 Å². The first-order chi connectivity index (χ1) is 6.52. The monoisotopic (exact) mass is 198 g/mol. The number of carbonyl (C=O) groups excluding carboxylic acids is 2. The Balaban J connectivity index is 2.25. The number of urea groups is 2. The molecule has 14 heavy (non-hydrogen) atoms. The fraction of sp³-hybridized carbons (Fsp3) is 0.750. The fourth-order valence-electron chi connectivity index (χ4n) is 2.01. The zero-order chi connectivity index (χ0) is 10.5. The molecular weight excluding hydrogens is 184 g/mol. The van der Waals surface area contributed by atoms with Gasteiger partial charge in [-0.3, -0.25) is 0 Å². The van der Waals surface area contributed by atoms with E-state index in [1.807, 2.05) is 0 Å². The molecule has 4 amide bonds. The minimum Gasteiger partial charge on any atom is -0.325 e. The van der Waals surface area contributed by atoms with E-state index in [0.717, 1.165) is 0 Å². The summed E-state index contributed by atoms with van der Waals surface area (Å²) in [6.07, 6.45) is -0.184.